The molecular weight excluding hydrogens is 226 g/mol. The van der Waals surface area contributed by atoms with Crippen molar-refractivity contribution in [1.82, 2.24) is 5.32 Å². The molecule has 0 unspecified atom stereocenters. The van der Waals surface area contributed by atoms with E-state index in [0.29, 0.717) is 13.1 Å². The summed E-state index contributed by atoms with van der Waals surface area (Å²) in [5.41, 5.74) is -0.721. The van der Waals surface area contributed by atoms with Gasteiger partial charge in [0, 0.05) is 22.8 Å². The lowest BCUT2D eigenvalue weighted by molar-refractivity contribution is -0.136. The van der Waals surface area contributed by atoms with Crippen LogP contribution in [0.4, 0.5) is 0 Å². The third kappa shape index (κ3) is 5.25. The molecule has 4 nitrogen and oxygen atoms in total. The first-order valence-electron chi connectivity index (χ1n) is 5.09. The minimum Gasteiger partial charge on any atom is -0.481 e. The molecule has 1 rings (SSSR count). The van der Waals surface area contributed by atoms with Crippen molar-refractivity contribution in [3.8, 4) is 0 Å². The Morgan fingerprint density at radius 3 is 2.62 bits per heavy atom. The summed E-state index contributed by atoms with van der Waals surface area (Å²) in [6, 6.07) is 3.75. The van der Waals surface area contributed by atoms with Crippen LogP contribution in [0.5, 0.6) is 0 Å². The molecule has 1 heterocycles. The Hall–Kier alpha value is -0.910. The zero-order valence-electron chi connectivity index (χ0n) is 9.49. The second kappa shape index (κ2) is 5.43. The maximum atomic E-state index is 10.5. The predicted octanol–water partition coefficient (Wildman–Crippen LogP) is 1.24. The number of aliphatic carboxylic acids is 1. The van der Waals surface area contributed by atoms with Gasteiger partial charge in [-0.05, 0) is 26.0 Å². The van der Waals surface area contributed by atoms with Gasteiger partial charge < -0.3 is 15.5 Å². The molecule has 90 valence electrons. The third-order valence-electron chi connectivity index (χ3n) is 1.90. The SMILES string of the molecule is CC(C)(O)CNCc1ccc(CC(=O)O)s1. The lowest BCUT2D eigenvalue weighted by Gasteiger charge is -2.17. The Labute approximate surface area is 98.9 Å². The van der Waals surface area contributed by atoms with Crippen molar-refractivity contribution in [2.75, 3.05) is 6.54 Å². The lowest BCUT2D eigenvalue weighted by atomic mass is 10.1. The molecule has 0 spiro atoms. The number of hydrogen-bond acceptors (Lipinski definition) is 4. The first kappa shape index (κ1) is 13.2. The van der Waals surface area contributed by atoms with Gasteiger partial charge in [0.1, 0.15) is 0 Å². The summed E-state index contributed by atoms with van der Waals surface area (Å²) in [5, 5.41) is 21.2. The highest BCUT2D eigenvalue weighted by molar-refractivity contribution is 7.12. The van der Waals surface area contributed by atoms with Gasteiger partial charge in [0.25, 0.3) is 0 Å². The summed E-state index contributed by atoms with van der Waals surface area (Å²) in [5.74, 6) is -0.808. The van der Waals surface area contributed by atoms with Crippen molar-refractivity contribution in [3.63, 3.8) is 0 Å². The molecular formula is C11H17NO3S. The highest BCUT2D eigenvalue weighted by Gasteiger charge is 2.11. The molecule has 0 aliphatic rings. The largest absolute Gasteiger partial charge is 0.481 e. The average Bonchev–Trinajstić information content (AvgIpc) is 2.49. The van der Waals surface area contributed by atoms with Crippen LogP contribution in [0, 0.1) is 0 Å². The quantitative estimate of drug-likeness (QED) is 0.703. The van der Waals surface area contributed by atoms with Crippen LogP contribution >= 0.6 is 11.3 Å². The normalized spacial score (nSPS) is 11.7. The number of nitrogens with one attached hydrogen (secondary N) is 1. The van der Waals surface area contributed by atoms with Crippen molar-refractivity contribution in [2.45, 2.75) is 32.4 Å². The fraction of sp³-hybridized carbons (Fsp3) is 0.545. The Morgan fingerprint density at radius 2 is 2.06 bits per heavy atom. The average molecular weight is 243 g/mol. The second-order valence-corrected chi connectivity index (χ2v) is 5.61. The summed E-state index contributed by atoms with van der Waals surface area (Å²) in [6.07, 6.45) is 0.0795. The molecule has 1 aromatic rings. The number of thiophene rings is 1. The van der Waals surface area contributed by atoms with Crippen LogP contribution in [-0.2, 0) is 17.8 Å². The molecule has 3 N–H and O–H groups in total. The number of aliphatic hydroxyl groups is 1. The van der Waals surface area contributed by atoms with Crippen molar-refractivity contribution in [1.29, 1.82) is 0 Å². The van der Waals surface area contributed by atoms with Crippen LogP contribution in [0.25, 0.3) is 0 Å². The van der Waals surface area contributed by atoms with E-state index < -0.39 is 11.6 Å². The standard InChI is InChI=1S/C11H17NO3S/c1-11(2,15)7-12-6-9-4-3-8(16-9)5-10(13)14/h3-4,12,15H,5-7H2,1-2H3,(H,13,14). The van der Waals surface area contributed by atoms with E-state index >= 15 is 0 Å². The smallest absolute Gasteiger partial charge is 0.308 e. The summed E-state index contributed by atoms with van der Waals surface area (Å²) >= 11 is 1.49. The van der Waals surface area contributed by atoms with Gasteiger partial charge in [0.15, 0.2) is 0 Å². The van der Waals surface area contributed by atoms with Gasteiger partial charge in [-0.3, -0.25) is 4.79 Å². The maximum absolute atomic E-state index is 10.5. The molecule has 1 aromatic heterocycles. The van der Waals surface area contributed by atoms with Crippen LogP contribution in [0.15, 0.2) is 12.1 Å². The number of carbonyl (C=O) groups is 1. The zero-order chi connectivity index (χ0) is 12.2. The Balaban J connectivity index is 2.38. The zero-order valence-corrected chi connectivity index (χ0v) is 10.3. The fourth-order valence-corrected chi connectivity index (χ4v) is 2.23. The van der Waals surface area contributed by atoms with Crippen LogP contribution in [0.2, 0.25) is 0 Å². The molecule has 0 aliphatic carbocycles. The molecule has 0 amide bonds. The van der Waals surface area contributed by atoms with E-state index in [1.165, 1.54) is 11.3 Å². The fourth-order valence-electron chi connectivity index (χ4n) is 1.25. The summed E-state index contributed by atoms with van der Waals surface area (Å²) in [6.45, 7) is 4.65. The van der Waals surface area contributed by atoms with E-state index in [-0.39, 0.29) is 6.42 Å². The van der Waals surface area contributed by atoms with Gasteiger partial charge >= 0.3 is 5.97 Å². The molecule has 0 saturated carbocycles. The highest BCUT2D eigenvalue weighted by atomic mass is 32.1. The van der Waals surface area contributed by atoms with E-state index in [1.54, 1.807) is 13.8 Å². The monoisotopic (exact) mass is 243 g/mol. The van der Waals surface area contributed by atoms with E-state index in [0.717, 1.165) is 9.75 Å². The summed E-state index contributed by atoms with van der Waals surface area (Å²) < 4.78 is 0. The van der Waals surface area contributed by atoms with Crippen molar-refractivity contribution in [2.24, 2.45) is 0 Å². The minimum absolute atomic E-state index is 0.0795. The third-order valence-corrected chi connectivity index (χ3v) is 2.98. The molecule has 0 bridgehead atoms. The van der Waals surface area contributed by atoms with E-state index in [4.69, 9.17) is 5.11 Å². The maximum Gasteiger partial charge on any atom is 0.308 e. The highest BCUT2D eigenvalue weighted by Crippen LogP contribution is 2.17. The number of hydrogen-bond donors (Lipinski definition) is 3. The lowest BCUT2D eigenvalue weighted by Crippen LogP contribution is -2.34. The van der Waals surface area contributed by atoms with Crippen LogP contribution in [0.3, 0.4) is 0 Å². The molecule has 0 saturated heterocycles. The first-order valence-corrected chi connectivity index (χ1v) is 5.91. The first-order chi connectivity index (χ1) is 7.37. The molecule has 0 aliphatic heterocycles. The van der Waals surface area contributed by atoms with Gasteiger partial charge in [0.05, 0.1) is 12.0 Å². The number of rotatable bonds is 6. The minimum atomic E-state index is -0.808. The predicted molar refractivity (Wildman–Crippen MR) is 63.7 cm³/mol. The van der Waals surface area contributed by atoms with Gasteiger partial charge in [0.2, 0.25) is 0 Å². The molecule has 16 heavy (non-hydrogen) atoms. The topological polar surface area (TPSA) is 69.6 Å². The molecule has 5 heteroatoms. The van der Waals surface area contributed by atoms with Gasteiger partial charge in [-0.1, -0.05) is 0 Å². The number of carboxylic acids is 1. The summed E-state index contributed by atoms with van der Waals surface area (Å²) in [7, 11) is 0. The Bertz CT molecular complexity index is 354. The van der Waals surface area contributed by atoms with Crippen molar-refractivity contribution < 1.29 is 15.0 Å². The van der Waals surface area contributed by atoms with Crippen molar-refractivity contribution >= 4 is 17.3 Å². The van der Waals surface area contributed by atoms with E-state index in [2.05, 4.69) is 5.32 Å². The van der Waals surface area contributed by atoms with Crippen LogP contribution in [-0.4, -0.2) is 28.3 Å². The van der Waals surface area contributed by atoms with Gasteiger partial charge in [-0.25, -0.2) is 0 Å². The Kier molecular flexibility index (Phi) is 4.46. The van der Waals surface area contributed by atoms with Gasteiger partial charge in [-0.2, -0.15) is 0 Å². The molecule has 0 fully saturated rings. The van der Waals surface area contributed by atoms with Crippen molar-refractivity contribution in [3.05, 3.63) is 21.9 Å². The van der Waals surface area contributed by atoms with E-state index in [9.17, 15) is 9.90 Å². The second-order valence-electron chi connectivity index (χ2n) is 4.35. The Morgan fingerprint density at radius 1 is 1.44 bits per heavy atom. The summed E-state index contributed by atoms with van der Waals surface area (Å²) in [4.78, 5) is 12.4. The molecule has 0 radical (unpaired) electrons. The number of carboxylic acid groups (broad SMARTS) is 1. The van der Waals surface area contributed by atoms with Gasteiger partial charge in [-0.15, -0.1) is 11.3 Å². The van der Waals surface area contributed by atoms with E-state index in [1.807, 2.05) is 12.1 Å². The molecule has 0 atom stereocenters. The van der Waals surface area contributed by atoms with Crippen LogP contribution < -0.4 is 5.32 Å². The van der Waals surface area contributed by atoms with Crippen LogP contribution in [0.1, 0.15) is 23.6 Å². The molecule has 0 aromatic carbocycles.